The summed E-state index contributed by atoms with van der Waals surface area (Å²) >= 11 is 7.44. The van der Waals surface area contributed by atoms with E-state index in [0.717, 1.165) is 16.3 Å². The average Bonchev–Trinajstić information content (AvgIpc) is 3.04. The molecule has 7 heteroatoms. The minimum atomic E-state index is -0.451. The first-order chi connectivity index (χ1) is 11.0. The van der Waals surface area contributed by atoms with Crippen LogP contribution < -0.4 is 5.32 Å². The first kappa shape index (κ1) is 16.0. The van der Waals surface area contributed by atoms with Crippen molar-refractivity contribution in [1.82, 2.24) is 9.88 Å². The topological polar surface area (TPSA) is 62.3 Å². The molecule has 1 aliphatic heterocycles. The van der Waals surface area contributed by atoms with Crippen LogP contribution in [-0.2, 0) is 9.59 Å². The van der Waals surface area contributed by atoms with Crippen LogP contribution in [0.15, 0.2) is 29.8 Å². The highest BCUT2D eigenvalue weighted by Gasteiger charge is 2.42. The zero-order valence-corrected chi connectivity index (χ0v) is 14.3. The van der Waals surface area contributed by atoms with Crippen LogP contribution in [0.25, 0.3) is 0 Å². The quantitative estimate of drug-likeness (QED) is 0.925. The molecule has 23 heavy (non-hydrogen) atoms. The van der Waals surface area contributed by atoms with Crippen molar-refractivity contribution in [3.8, 4) is 0 Å². The molecule has 1 aliphatic rings. The van der Waals surface area contributed by atoms with Crippen molar-refractivity contribution in [3.63, 3.8) is 0 Å². The van der Waals surface area contributed by atoms with Crippen molar-refractivity contribution in [2.75, 3.05) is 12.4 Å². The van der Waals surface area contributed by atoms with Gasteiger partial charge in [0.2, 0.25) is 11.8 Å². The van der Waals surface area contributed by atoms with Crippen LogP contribution in [0.1, 0.15) is 23.7 Å². The first-order valence-electron chi connectivity index (χ1n) is 7.19. The summed E-state index contributed by atoms with van der Waals surface area (Å²) in [6.07, 6.45) is 0.192. The summed E-state index contributed by atoms with van der Waals surface area (Å²) in [7, 11) is 1.72. The minimum Gasteiger partial charge on any atom is -0.338 e. The van der Waals surface area contributed by atoms with E-state index >= 15 is 0 Å². The van der Waals surface area contributed by atoms with Crippen LogP contribution in [0.2, 0.25) is 5.02 Å². The third-order valence-electron chi connectivity index (χ3n) is 4.10. The fourth-order valence-corrected chi connectivity index (χ4v) is 3.78. The number of likely N-dealkylation sites (tertiary alicyclic amines) is 1. The number of carbonyl (C=O) groups is 2. The summed E-state index contributed by atoms with van der Waals surface area (Å²) in [5.74, 6) is -0.663. The van der Waals surface area contributed by atoms with Gasteiger partial charge in [0, 0.05) is 18.5 Å². The molecule has 0 aliphatic carbocycles. The van der Waals surface area contributed by atoms with Crippen molar-refractivity contribution >= 4 is 39.8 Å². The van der Waals surface area contributed by atoms with Crippen molar-refractivity contribution in [1.29, 1.82) is 0 Å². The van der Waals surface area contributed by atoms with E-state index in [0.29, 0.717) is 5.02 Å². The van der Waals surface area contributed by atoms with Gasteiger partial charge in [-0.2, -0.15) is 0 Å². The summed E-state index contributed by atoms with van der Waals surface area (Å²) in [6.45, 7) is 1.84. The molecule has 5 nitrogen and oxygen atoms in total. The van der Waals surface area contributed by atoms with Gasteiger partial charge < -0.3 is 10.2 Å². The second kappa shape index (κ2) is 6.29. The normalized spacial score (nSPS) is 20.8. The highest BCUT2D eigenvalue weighted by molar-refractivity contribution is 7.14. The van der Waals surface area contributed by atoms with E-state index in [2.05, 4.69) is 10.3 Å². The number of nitrogens with zero attached hydrogens (tertiary/aromatic N) is 2. The second-order valence-corrected chi connectivity index (χ2v) is 6.86. The van der Waals surface area contributed by atoms with E-state index in [1.54, 1.807) is 29.6 Å². The number of anilines is 1. The smallest absolute Gasteiger partial charge is 0.231 e. The Labute approximate surface area is 143 Å². The zero-order chi connectivity index (χ0) is 16.6. The third kappa shape index (κ3) is 3.09. The van der Waals surface area contributed by atoms with Crippen molar-refractivity contribution in [2.45, 2.75) is 19.4 Å². The molecule has 2 aromatic rings. The lowest BCUT2D eigenvalue weighted by Gasteiger charge is -2.25. The Morgan fingerprint density at radius 3 is 2.91 bits per heavy atom. The van der Waals surface area contributed by atoms with Crippen LogP contribution in [0.4, 0.5) is 5.00 Å². The van der Waals surface area contributed by atoms with Crippen LogP contribution in [0.5, 0.6) is 0 Å². The number of benzene rings is 1. The number of hydrogen-bond donors (Lipinski definition) is 1. The number of thiazole rings is 1. The molecule has 3 rings (SSSR count). The number of aryl methyl sites for hydroxylation is 1. The molecule has 2 heterocycles. The van der Waals surface area contributed by atoms with Gasteiger partial charge in [0.05, 0.1) is 23.2 Å². The van der Waals surface area contributed by atoms with Gasteiger partial charge in [-0.3, -0.25) is 9.59 Å². The fraction of sp³-hybridized carbons (Fsp3) is 0.312. The van der Waals surface area contributed by atoms with Gasteiger partial charge in [-0.15, -0.1) is 11.3 Å². The number of amides is 2. The number of rotatable bonds is 3. The summed E-state index contributed by atoms with van der Waals surface area (Å²) in [5.41, 5.74) is 3.33. The fourth-order valence-electron chi connectivity index (χ4n) is 2.88. The van der Waals surface area contributed by atoms with Crippen molar-refractivity contribution in [2.24, 2.45) is 5.92 Å². The standard InChI is InChI=1S/C16H16ClN3O2S/c1-9-16(23-8-18-9)19-15(22)12-7-13(21)20(2)14(12)10-4-3-5-11(17)6-10/h3-6,8,12,14H,7H2,1-2H3,(H,19,22). The number of aromatic nitrogens is 1. The molecule has 2 unspecified atom stereocenters. The number of nitrogens with one attached hydrogen (secondary N) is 1. The van der Waals surface area contributed by atoms with Gasteiger partial charge in [-0.05, 0) is 24.6 Å². The van der Waals surface area contributed by atoms with Crippen LogP contribution in [0.3, 0.4) is 0 Å². The Hall–Kier alpha value is -1.92. The van der Waals surface area contributed by atoms with Gasteiger partial charge in [0.1, 0.15) is 5.00 Å². The number of hydrogen-bond acceptors (Lipinski definition) is 4. The SMILES string of the molecule is Cc1ncsc1NC(=O)C1CC(=O)N(C)C1c1cccc(Cl)c1. The molecule has 1 aromatic carbocycles. The molecule has 0 spiro atoms. The first-order valence-corrected chi connectivity index (χ1v) is 8.45. The van der Waals surface area contributed by atoms with E-state index in [-0.39, 0.29) is 24.3 Å². The van der Waals surface area contributed by atoms with E-state index < -0.39 is 5.92 Å². The lowest BCUT2D eigenvalue weighted by Crippen LogP contribution is -2.30. The summed E-state index contributed by atoms with van der Waals surface area (Å²) < 4.78 is 0. The molecule has 120 valence electrons. The van der Waals surface area contributed by atoms with E-state index in [9.17, 15) is 9.59 Å². The maximum Gasteiger partial charge on any atom is 0.231 e. The van der Waals surface area contributed by atoms with Crippen LogP contribution >= 0.6 is 22.9 Å². The molecular formula is C16H16ClN3O2S. The van der Waals surface area contributed by atoms with E-state index in [1.807, 2.05) is 19.1 Å². The molecule has 2 amide bonds. The molecule has 2 atom stereocenters. The molecule has 0 bridgehead atoms. The third-order valence-corrected chi connectivity index (χ3v) is 5.17. The average molecular weight is 350 g/mol. The molecule has 1 fully saturated rings. The highest BCUT2D eigenvalue weighted by atomic mass is 35.5. The van der Waals surface area contributed by atoms with Crippen molar-refractivity contribution in [3.05, 3.63) is 46.1 Å². The Bertz CT molecular complexity index is 761. The minimum absolute atomic E-state index is 0.0452. The van der Waals surface area contributed by atoms with E-state index in [4.69, 9.17) is 11.6 Å². The Balaban J connectivity index is 1.88. The maximum atomic E-state index is 12.7. The highest BCUT2D eigenvalue weighted by Crippen LogP contribution is 2.38. The number of halogens is 1. The van der Waals surface area contributed by atoms with Crippen LogP contribution in [-0.4, -0.2) is 28.7 Å². The van der Waals surface area contributed by atoms with Gasteiger partial charge in [0.25, 0.3) is 0 Å². The van der Waals surface area contributed by atoms with Crippen molar-refractivity contribution < 1.29 is 9.59 Å². The van der Waals surface area contributed by atoms with Gasteiger partial charge >= 0.3 is 0 Å². The molecule has 1 aromatic heterocycles. The lowest BCUT2D eigenvalue weighted by molar-refractivity contribution is -0.127. The maximum absolute atomic E-state index is 12.7. The second-order valence-electron chi connectivity index (χ2n) is 5.57. The van der Waals surface area contributed by atoms with Gasteiger partial charge in [0.15, 0.2) is 0 Å². The summed E-state index contributed by atoms with van der Waals surface area (Å²) in [4.78, 5) is 30.6. The molecular weight excluding hydrogens is 334 g/mol. The Morgan fingerprint density at radius 1 is 1.48 bits per heavy atom. The molecule has 1 saturated heterocycles. The Morgan fingerprint density at radius 2 is 2.26 bits per heavy atom. The molecule has 0 saturated carbocycles. The summed E-state index contributed by atoms with van der Waals surface area (Å²) in [6, 6.07) is 6.99. The zero-order valence-electron chi connectivity index (χ0n) is 12.7. The van der Waals surface area contributed by atoms with Gasteiger partial charge in [-0.25, -0.2) is 4.98 Å². The summed E-state index contributed by atoms with van der Waals surface area (Å²) in [5, 5.41) is 4.21. The monoisotopic (exact) mass is 349 g/mol. The van der Waals surface area contributed by atoms with Crippen LogP contribution in [0, 0.1) is 12.8 Å². The molecule has 1 N–H and O–H groups in total. The van der Waals surface area contributed by atoms with E-state index in [1.165, 1.54) is 11.3 Å². The lowest BCUT2D eigenvalue weighted by atomic mass is 9.93. The van der Waals surface area contributed by atoms with Gasteiger partial charge in [-0.1, -0.05) is 23.7 Å². The predicted molar refractivity (Wildman–Crippen MR) is 90.6 cm³/mol. The largest absolute Gasteiger partial charge is 0.338 e. The predicted octanol–water partition coefficient (Wildman–Crippen LogP) is 3.26. The Kier molecular flexibility index (Phi) is 4.37. The molecule has 0 radical (unpaired) electrons. The number of carbonyl (C=O) groups excluding carboxylic acids is 2.